The molecule has 0 bridgehead atoms. The molecule has 0 aliphatic rings. The normalized spacial score (nSPS) is 10.8. The van der Waals surface area contributed by atoms with Crippen LogP contribution in [0, 0.1) is 11.7 Å². The summed E-state index contributed by atoms with van der Waals surface area (Å²) in [6.07, 6.45) is 1.77. The number of aromatic nitrogens is 3. The van der Waals surface area contributed by atoms with Crippen molar-refractivity contribution >= 4 is 23.4 Å². The van der Waals surface area contributed by atoms with E-state index < -0.39 is 0 Å². The number of ether oxygens (including phenoxy) is 1. The molecule has 0 spiro atoms. The summed E-state index contributed by atoms with van der Waals surface area (Å²) in [6, 6.07) is 11.9. The molecule has 0 unspecified atom stereocenters. The Balaban J connectivity index is 1.74. The maximum atomic E-state index is 5.76. The SMILES string of the molecule is Cc1cccc(OCCn2c(=S)[nH]c3cccnc32)c1. The van der Waals surface area contributed by atoms with Crippen LogP contribution in [0.5, 0.6) is 5.75 Å². The van der Waals surface area contributed by atoms with Gasteiger partial charge in [0.25, 0.3) is 0 Å². The van der Waals surface area contributed by atoms with Crippen LogP contribution in [0.3, 0.4) is 0 Å². The van der Waals surface area contributed by atoms with Gasteiger partial charge in [-0.3, -0.25) is 4.57 Å². The molecule has 1 aromatic carbocycles. The smallest absolute Gasteiger partial charge is 0.179 e. The topological polar surface area (TPSA) is 42.8 Å². The zero-order valence-electron chi connectivity index (χ0n) is 11.2. The number of H-pyrrole nitrogens is 1. The molecule has 4 nitrogen and oxygen atoms in total. The van der Waals surface area contributed by atoms with Gasteiger partial charge in [0.2, 0.25) is 0 Å². The van der Waals surface area contributed by atoms with Crippen LogP contribution in [0.1, 0.15) is 5.56 Å². The van der Waals surface area contributed by atoms with Gasteiger partial charge in [-0.05, 0) is 49.0 Å². The van der Waals surface area contributed by atoms with Crippen molar-refractivity contribution < 1.29 is 4.74 Å². The molecule has 5 heteroatoms. The molecule has 0 aliphatic carbocycles. The Hall–Kier alpha value is -2.14. The van der Waals surface area contributed by atoms with E-state index in [2.05, 4.69) is 9.97 Å². The Kier molecular flexibility index (Phi) is 3.52. The number of nitrogens with one attached hydrogen (secondary N) is 1. The van der Waals surface area contributed by atoms with Crippen LogP contribution in [0.15, 0.2) is 42.6 Å². The van der Waals surface area contributed by atoms with E-state index in [1.54, 1.807) is 6.20 Å². The van der Waals surface area contributed by atoms with Crippen molar-refractivity contribution in [3.05, 3.63) is 52.9 Å². The van der Waals surface area contributed by atoms with E-state index in [4.69, 9.17) is 17.0 Å². The fourth-order valence-corrected chi connectivity index (χ4v) is 2.44. The molecule has 0 aliphatic heterocycles. The zero-order valence-corrected chi connectivity index (χ0v) is 12.0. The van der Waals surface area contributed by atoms with E-state index >= 15 is 0 Å². The lowest BCUT2D eigenvalue weighted by Gasteiger charge is -2.08. The second-order valence-corrected chi connectivity index (χ2v) is 5.01. The first-order valence-electron chi connectivity index (χ1n) is 6.47. The summed E-state index contributed by atoms with van der Waals surface area (Å²) >= 11 is 5.32. The molecule has 2 aromatic heterocycles. The predicted octanol–water partition coefficient (Wildman–Crippen LogP) is 3.48. The molecule has 0 saturated heterocycles. The van der Waals surface area contributed by atoms with Crippen molar-refractivity contribution in [2.75, 3.05) is 6.61 Å². The molecule has 3 aromatic rings. The third-order valence-electron chi connectivity index (χ3n) is 3.10. The summed E-state index contributed by atoms with van der Waals surface area (Å²) in [6.45, 7) is 3.28. The fourth-order valence-electron chi connectivity index (χ4n) is 2.16. The highest BCUT2D eigenvalue weighted by molar-refractivity contribution is 7.71. The van der Waals surface area contributed by atoms with E-state index in [0.29, 0.717) is 17.9 Å². The molecule has 20 heavy (non-hydrogen) atoms. The maximum Gasteiger partial charge on any atom is 0.179 e. The summed E-state index contributed by atoms with van der Waals surface area (Å²) in [5.41, 5.74) is 3.01. The summed E-state index contributed by atoms with van der Waals surface area (Å²) in [4.78, 5) is 7.50. The van der Waals surface area contributed by atoms with Crippen LogP contribution >= 0.6 is 12.2 Å². The number of aromatic amines is 1. The minimum absolute atomic E-state index is 0.557. The number of pyridine rings is 1. The number of hydrogen-bond acceptors (Lipinski definition) is 3. The molecule has 0 fully saturated rings. The second kappa shape index (κ2) is 5.46. The number of aryl methyl sites for hydroxylation is 1. The first-order valence-corrected chi connectivity index (χ1v) is 6.88. The van der Waals surface area contributed by atoms with Crippen molar-refractivity contribution in [2.45, 2.75) is 13.5 Å². The van der Waals surface area contributed by atoms with Gasteiger partial charge >= 0.3 is 0 Å². The molecular weight excluding hydrogens is 270 g/mol. The quantitative estimate of drug-likeness (QED) is 0.746. The number of benzene rings is 1. The Morgan fingerprint density at radius 1 is 1.30 bits per heavy atom. The maximum absolute atomic E-state index is 5.76. The Bertz CT molecular complexity index is 791. The minimum Gasteiger partial charge on any atom is -0.492 e. The van der Waals surface area contributed by atoms with Gasteiger partial charge < -0.3 is 9.72 Å². The van der Waals surface area contributed by atoms with E-state index in [-0.39, 0.29) is 0 Å². The van der Waals surface area contributed by atoms with Gasteiger partial charge in [-0.2, -0.15) is 0 Å². The molecule has 0 saturated carbocycles. The third-order valence-corrected chi connectivity index (χ3v) is 3.42. The van der Waals surface area contributed by atoms with Crippen LogP contribution in [0.2, 0.25) is 0 Å². The number of hydrogen-bond donors (Lipinski definition) is 1. The van der Waals surface area contributed by atoms with Crippen molar-refractivity contribution in [3.63, 3.8) is 0 Å². The van der Waals surface area contributed by atoms with Gasteiger partial charge in [-0.1, -0.05) is 12.1 Å². The molecule has 102 valence electrons. The fraction of sp³-hybridized carbons (Fsp3) is 0.200. The summed E-state index contributed by atoms with van der Waals surface area (Å²) in [5, 5.41) is 0. The summed E-state index contributed by atoms with van der Waals surface area (Å²) in [5.74, 6) is 0.879. The first-order chi connectivity index (χ1) is 9.74. The largest absolute Gasteiger partial charge is 0.492 e. The van der Waals surface area contributed by atoms with Gasteiger partial charge in [0.15, 0.2) is 10.4 Å². The molecule has 0 atom stereocenters. The molecule has 1 N–H and O–H groups in total. The average molecular weight is 285 g/mol. The van der Waals surface area contributed by atoms with E-state index in [9.17, 15) is 0 Å². The Labute approximate surface area is 122 Å². The Morgan fingerprint density at radius 2 is 2.20 bits per heavy atom. The highest BCUT2D eigenvalue weighted by atomic mass is 32.1. The van der Waals surface area contributed by atoms with Crippen molar-refractivity contribution in [1.82, 2.24) is 14.5 Å². The molecular formula is C15H15N3OS. The van der Waals surface area contributed by atoms with Gasteiger partial charge in [-0.25, -0.2) is 4.98 Å². The van der Waals surface area contributed by atoms with Crippen molar-refractivity contribution in [3.8, 4) is 5.75 Å². The second-order valence-electron chi connectivity index (χ2n) is 4.62. The van der Waals surface area contributed by atoms with Crippen LogP contribution in [-0.2, 0) is 6.54 Å². The highest BCUT2D eigenvalue weighted by Crippen LogP contribution is 2.14. The lowest BCUT2D eigenvalue weighted by molar-refractivity contribution is 0.299. The number of nitrogens with zero attached hydrogens (tertiary/aromatic N) is 2. The van der Waals surface area contributed by atoms with Crippen molar-refractivity contribution in [1.29, 1.82) is 0 Å². The van der Waals surface area contributed by atoms with Gasteiger partial charge in [0, 0.05) is 6.20 Å². The predicted molar refractivity (Wildman–Crippen MR) is 81.6 cm³/mol. The summed E-state index contributed by atoms with van der Waals surface area (Å²) < 4.78 is 8.39. The van der Waals surface area contributed by atoms with E-state index in [1.807, 2.05) is 47.9 Å². The molecule has 3 rings (SSSR count). The minimum atomic E-state index is 0.557. The van der Waals surface area contributed by atoms with Crippen LogP contribution in [0.4, 0.5) is 0 Å². The van der Waals surface area contributed by atoms with Crippen molar-refractivity contribution in [2.24, 2.45) is 0 Å². The van der Waals surface area contributed by atoms with Crippen LogP contribution in [0.25, 0.3) is 11.2 Å². The highest BCUT2D eigenvalue weighted by Gasteiger charge is 2.04. The Morgan fingerprint density at radius 3 is 3.05 bits per heavy atom. The van der Waals surface area contributed by atoms with Crippen LogP contribution < -0.4 is 4.74 Å². The molecule has 2 heterocycles. The first kappa shape index (κ1) is 12.9. The number of imidazole rings is 1. The number of rotatable bonds is 4. The summed E-state index contributed by atoms with van der Waals surface area (Å²) in [7, 11) is 0. The third kappa shape index (κ3) is 2.58. The van der Waals surface area contributed by atoms with Gasteiger partial charge in [0.05, 0.1) is 12.1 Å². The van der Waals surface area contributed by atoms with Crippen LogP contribution in [-0.4, -0.2) is 21.1 Å². The van der Waals surface area contributed by atoms with E-state index in [1.165, 1.54) is 5.56 Å². The average Bonchev–Trinajstić information content (AvgIpc) is 2.75. The van der Waals surface area contributed by atoms with Gasteiger partial charge in [-0.15, -0.1) is 0 Å². The zero-order chi connectivity index (χ0) is 13.9. The molecule has 0 radical (unpaired) electrons. The number of fused-ring (bicyclic) bond motifs is 1. The van der Waals surface area contributed by atoms with Gasteiger partial charge in [0.1, 0.15) is 12.4 Å². The standard InChI is InChI=1S/C15H15N3OS/c1-11-4-2-5-12(10-11)19-9-8-18-14-13(17-15(18)20)6-3-7-16-14/h2-7,10H,8-9H2,1H3,(H,17,20). The lowest BCUT2D eigenvalue weighted by atomic mass is 10.2. The monoisotopic (exact) mass is 285 g/mol. The molecule has 0 amide bonds. The lowest BCUT2D eigenvalue weighted by Crippen LogP contribution is -2.08. The van der Waals surface area contributed by atoms with E-state index in [0.717, 1.165) is 16.9 Å².